The molecular formula is C22H19BrN6O. The van der Waals surface area contributed by atoms with Crippen molar-refractivity contribution in [3.8, 4) is 18.2 Å². The van der Waals surface area contributed by atoms with Crippen LogP contribution in [0.3, 0.4) is 0 Å². The molecule has 0 saturated heterocycles. The molecule has 0 radical (unpaired) electrons. The van der Waals surface area contributed by atoms with E-state index in [1.54, 1.807) is 18.2 Å². The number of benzene rings is 1. The molecule has 8 heteroatoms. The molecule has 1 aromatic carbocycles. The number of halogens is 1. The number of amides is 1. The fraction of sp³-hybridized carbons (Fsp3) is 0.364. The summed E-state index contributed by atoms with van der Waals surface area (Å²) in [5.41, 5.74) is 4.55. The van der Waals surface area contributed by atoms with E-state index in [4.69, 9.17) is 5.73 Å². The van der Waals surface area contributed by atoms with Gasteiger partial charge in [-0.2, -0.15) is 15.8 Å². The second-order valence-electron chi connectivity index (χ2n) is 7.80. The van der Waals surface area contributed by atoms with E-state index in [9.17, 15) is 20.6 Å². The molecule has 0 bridgehead atoms. The first-order valence-electron chi connectivity index (χ1n) is 9.68. The van der Waals surface area contributed by atoms with Crippen molar-refractivity contribution in [1.29, 1.82) is 15.8 Å². The van der Waals surface area contributed by atoms with Crippen molar-refractivity contribution >= 4 is 27.5 Å². The van der Waals surface area contributed by atoms with Gasteiger partial charge >= 0.3 is 0 Å². The van der Waals surface area contributed by atoms with Gasteiger partial charge in [0, 0.05) is 29.2 Å². The topological polar surface area (TPSA) is 130 Å². The minimum Gasteiger partial charge on any atom is -0.399 e. The predicted octanol–water partition coefficient (Wildman–Crippen LogP) is 2.69. The zero-order chi connectivity index (χ0) is 21.7. The van der Waals surface area contributed by atoms with Crippen LogP contribution in [0.5, 0.6) is 0 Å². The lowest BCUT2D eigenvalue weighted by Gasteiger charge is -2.51. The molecule has 0 fully saturated rings. The van der Waals surface area contributed by atoms with Gasteiger partial charge in [0.05, 0.1) is 23.4 Å². The third-order valence-corrected chi connectivity index (χ3v) is 6.95. The Kier molecular flexibility index (Phi) is 4.70. The van der Waals surface area contributed by atoms with E-state index in [1.165, 1.54) is 0 Å². The lowest BCUT2D eigenvalue weighted by atomic mass is 9.48. The van der Waals surface area contributed by atoms with Crippen LogP contribution in [0, 0.1) is 45.3 Å². The average molecular weight is 463 g/mol. The lowest BCUT2D eigenvalue weighted by Crippen LogP contribution is -2.62. The van der Waals surface area contributed by atoms with Crippen molar-refractivity contribution in [3.63, 3.8) is 0 Å². The number of hydrogen-bond acceptors (Lipinski definition) is 6. The summed E-state index contributed by atoms with van der Waals surface area (Å²) in [6.45, 7) is 3.93. The van der Waals surface area contributed by atoms with Crippen LogP contribution in [0.4, 0.5) is 5.69 Å². The largest absolute Gasteiger partial charge is 0.399 e. The van der Waals surface area contributed by atoms with E-state index in [0.717, 1.165) is 17.4 Å². The van der Waals surface area contributed by atoms with Crippen LogP contribution in [0.1, 0.15) is 18.9 Å². The Morgan fingerprint density at radius 2 is 2.07 bits per heavy atom. The van der Waals surface area contributed by atoms with Gasteiger partial charge < -0.3 is 11.1 Å². The third-order valence-electron chi connectivity index (χ3n) is 6.46. The minimum atomic E-state index is -2.01. The van der Waals surface area contributed by atoms with Gasteiger partial charge in [0.25, 0.3) is 0 Å². The molecule has 1 aromatic rings. The zero-order valence-corrected chi connectivity index (χ0v) is 18.0. The predicted molar refractivity (Wildman–Crippen MR) is 113 cm³/mol. The summed E-state index contributed by atoms with van der Waals surface area (Å²) in [5.74, 6) is -0.998. The minimum absolute atomic E-state index is 0.140. The van der Waals surface area contributed by atoms with E-state index < -0.39 is 22.7 Å². The van der Waals surface area contributed by atoms with Crippen molar-refractivity contribution in [3.05, 3.63) is 51.2 Å². The zero-order valence-electron chi connectivity index (χ0n) is 16.4. The number of hydrogen-bond donors (Lipinski definition) is 2. The van der Waals surface area contributed by atoms with E-state index in [-0.39, 0.29) is 11.3 Å². The van der Waals surface area contributed by atoms with Gasteiger partial charge in [0.15, 0.2) is 0 Å². The monoisotopic (exact) mass is 462 g/mol. The van der Waals surface area contributed by atoms with Gasteiger partial charge in [-0.3, -0.25) is 9.69 Å². The Bertz CT molecular complexity index is 1130. The Balaban J connectivity index is 2.14. The van der Waals surface area contributed by atoms with Crippen LogP contribution < -0.4 is 11.1 Å². The summed E-state index contributed by atoms with van der Waals surface area (Å²) in [5, 5.41) is 33.3. The Labute approximate surface area is 183 Å². The van der Waals surface area contributed by atoms with Crippen LogP contribution in [0.25, 0.3) is 0 Å². The number of nitrogens with two attached hydrogens (primary N) is 1. The maximum absolute atomic E-state index is 13.7. The normalized spacial score (nSPS) is 26.7. The maximum atomic E-state index is 13.7. The van der Waals surface area contributed by atoms with Gasteiger partial charge in [-0.05, 0) is 42.3 Å². The summed E-state index contributed by atoms with van der Waals surface area (Å²) in [4.78, 5) is 15.9. The highest BCUT2D eigenvalue weighted by Gasteiger charge is 2.71. The second kappa shape index (κ2) is 6.99. The smallest absolute Gasteiger partial charge is 0.238 e. The van der Waals surface area contributed by atoms with Gasteiger partial charge in [-0.1, -0.05) is 28.9 Å². The van der Waals surface area contributed by atoms with Gasteiger partial charge in [-0.25, -0.2) is 0 Å². The highest BCUT2D eigenvalue weighted by Crippen LogP contribution is 2.62. The first-order valence-corrected chi connectivity index (χ1v) is 10.5. The van der Waals surface area contributed by atoms with E-state index in [0.29, 0.717) is 29.9 Å². The van der Waals surface area contributed by atoms with Gasteiger partial charge in [0.1, 0.15) is 11.5 Å². The quantitative estimate of drug-likeness (QED) is 0.694. The Hall–Kier alpha value is -3.12. The molecule has 0 aromatic heterocycles. The molecule has 2 atom stereocenters. The first kappa shape index (κ1) is 20.2. The SMILES string of the molecule is CCCN1CC=C2C(C#N)=C(N)C(C#N)(C#N)[C@]3(C(=O)Nc4ccc(Br)cc43)[C@@H]2C1. The number of nitriles is 3. The number of fused-ring (bicyclic) bond motifs is 4. The van der Waals surface area contributed by atoms with Crippen LogP contribution in [0.2, 0.25) is 0 Å². The van der Waals surface area contributed by atoms with Crippen molar-refractivity contribution < 1.29 is 4.79 Å². The molecule has 3 aliphatic rings. The molecule has 0 unspecified atom stereocenters. The first-order chi connectivity index (χ1) is 14.4. The number of carbonyl (C=O) groups excluding carboxylic acids is 1. The van der Waals surface area contributed by atoms with Crippen molar-refractivity contribution in [2.45, 2.75) is 18.8 Å². The van der Waals surface area contributed by atoms with Gasteiger partial charge in [-0.15, -0.1) is 0 Å². The molecule has 2 heterocycles. The van der Waals surface area contributed by atoms with Crippen molar-refractivity contribution in [1.82, 2.24) is 4.90 Å². The maximum Gasteiger partial charge on any atom is 0.238 e. The number of nitrogens with zero attached hydrogens (tertiary/aromatic N) is 4. The highest BCUT2D eigenvalue weighted by molar-refractivity contribution is 9.10. The van der Waals surface area contributed by atoms with Gasteiger partial charge in [0.2, 0.25) is 11.3 Å². The number of allylic oxidation sites excluding steroid dienone is 2. The number of anilines is 1. The molecule has 4 rings (SSSR count). The van der Waals surface area contributed by atoms with Crippen molar-refractivity contribution in [2.75, 3.05) is 25.0 Å². The fourth-order valence-electron chi connectivity index (χ4n) is 5.22. The fourth-order valence-corrected chi connectivity index (χ4v) is 5.58. The molecule has 7 nitrogen and oxygen atoms in total. The van der Waals surface area contributed by atoms with E-state index >= 15 is 0 Å². The average Bonchev–Trinajstić information content (AvgIpc) is 3.03. The van der Waals surface area contributed by atoms with Crippen LogP contribution in [-0.4, -0.2) is 30.4 Å². The Morgan fingerprint density at radius 1 is 1.33 bits per heavy atom. The highest BCUT2D eigenvalue weighted by atomic mass is 79.9. The number of nitrogens with one attached hydrogen (secondary N) is 1. The molecular weight excluding hydrogens is 444 g/mol. The van der Waals surface area contributed by atoms with E-state index in [1.807, 2.05) is 6.08 Å². The molecule has 30 heavy (non-hydrogen) atoms. The molecule has 1 amide bonds. The molecule has 2 aliphatic heterocycles. The lowest BCUT2D eigenvalue weighted by molar-refractivity contribution is -0.125. The standard InChI is InChI=1S/C22H19BrN6O/c1-2-6-29-7-5-14-15(9-24)19(27)21(11-25,12-26)22(17(14)10-29)16-8-13(23)3-4-18(16)28-20(22)30/h3-5,8,17H,2,6-7,10,27H2,1H3,(H,28,30)/t17-,22+/m1/s1. The summed E-state index contributed by atoms with van der Waals surface area (Å²) >= 11 is 3.46. The summed E-state index contributed by atoms with van der Waals surface area (Å²) < 4.78 is 0.724. The molecule has 150 valence electrons. The number of carbonyl (C=O) groups is 1. The molecule has 0 saturated carbocycles. The summed E-state index contributed by atoms with van der Waals surface area (Å²) in [6, 6.07) is 11.6. The molecule has 3 N–H and O–H groups in total. The molecule has 1 aliphatic carbocycles. The third kappa shape index (κ3) is 2.28. The summed E-state index contributed by atoms with van der Waals surface area (Å²) in [7, 11) is 0. The van der Waals surface area contributed by atoms with E-state index in [2.05, 4.69) is 51.3 Å². The molecule has 1 spiro atoms. The van der Waals surface area contributed by atoms with Crippen LogP contribution in [0.15, 0.2) is 45.6 Å². The number of rotatable bonds is 2. The second-order valence-corrected chi connectivity index (χ2v) is 8.71. The Morgan fingerprint density at radius 3 is 2.70 bits per heavy atom. The van der Waals surface area contributed by atoms with Crippen LogP contribution >= 0.6 is 15.9 Å². The summed E-state index contributed by atoms with van der Waals surface area (Å²) in [6.07, 6.45) is 2.83. The van der Waals surface area contributed by atoms with Crippen LogP contribution in [-0.2, 0) is 10.2 Å². The van der Waals surface area contributed by atoms with Crippen molar-refractivity contribution in [2.24, 2.45) is 17.1 Å².